The lowest BCUT2D eigenvalue weighted by Crippen LogP contribution is -2.50. The van der Waals surface area contributed by atoms with Gasteiger partial charge in [-0.3, -0.25) is 0 Å². The number of fused-ring (bicyclic) bond motifs is 1. The Labute approximate surface area is 95.8 Å². The Balaban J connectivity index is 2.29. The van der Waals surface area contributed by atoms with Gasteiger partial charge < -0.3 is 0 Å². The molecule has 0 heteroatoms. The van der Waals surface area contributed by atoms with Gasteiger partial charge in [-0.2, -0.15) is 0 Å². The van der Waals surface area contributed by atoms with Gasteiger partial charge in [0.25, 0.3) is 0 Å². The zero-order valence-corrected chi connectivity index (χ0v) is 11.3. The molecule has 0 aromatic rings. The van der Waals surface area contributed by atoms with Crippen molar-refractivity contribution in [2.24, 2.45) is 28.6 Å². The fraction of sp³-hybridized carbons (Fsp3) is 1.00. The summed E-state index contributed by atoms with van der Waals surface area (Å²) in [6.07, 6.45) is 7.33. The molecule has 0 radical (unpaired) electrons. The third-order valence-electron chi connectivity index (χ3n) is 6.08. The summed E-state index contributed by atoms with van der Waals surface area (Å²) in [4.78, 5) is 0. The maximum atomic E-state index is 2.58. The molecule has 88 valence electrons. The Hall–Kier alpha value is 0. The van der Waals surface area contributed by atoms with Gasteiger partial charge in [0.05, 0.1) is 0 Å². The zero-order chi connectivity index (χ0) is 11.3. The van der Waals surface area contributed by atoms with Gasteiger partial charge in [0.15, 0.2) is 0 Å². The second kappa shape index (κ2) is 3.50. The van der Waals surface area contributed by atoms with E-state index in [1.807, 2.05) is 0 Å². The molecule has 0 aromatic heterocycles. The van der Waals surface area contributed by atoms with Gasteiger partial charge in [-0.15, -0.1) is 0 Å². The van der Waals surface area contributed by atoms with E-state index in [1.54, 1.807) is 0 Å². The van der Waals surface area contributed by atoms with Crippen molar-refractivity contribution in [3.05, 3.63) is 0 Å². The highest BCUT2D eigenvalue weighted by Gasteiger charge is 2.51. The van der Waals surface area contributed by atoms with E-state index in [2.05, 4.69) is 34.6 Å². The zero-order valence-electron chi connectivity index (χ0n) is 11.3. The first-order valence-corrected chi connectivity index (χ1v) is 6.88. The molecular weight excluding hydrogens is 180 g/mol. The standard InChI is InChI=1S/C15H28/c1-11-7-8-13-14(3,4)9-6-10-15(13,5)12(11)2/h11-13H,6-10H2,1-5H3/t11?,12-,13?,15?/m1/s1. The predicted molar refractivity (Wildman–Crippen MR) is 66.8 cm³/mol. The molecular formula is C15H28. The van der Waals surface area contributed by atoms with Crippen LogP contribution < -0.4 is 0 Å². The van der Waals surface area contributed by atoms with Gasteiger partial charge in [0, 0.05) is 0 Å². The second-order valence-electron chi connectivity index (χ2n) is 7.24. The molecule has 2 saturated carbocycles. The van der Waals surface area contributed by atoms with Gasteiger partial charge in [0.2, 0.25) is 0 Å². The lowest BCUT2D eigenvalue weighted by atomic mass is 9.47. The molecule has 0 spiro atoms. The molecule has 0 amide bonds. The SMILES string of the molecule is CC1CCC2C(C)(C)CCCC2(C)[C@@H]1C. The fourth-order valence-corrected chi connectivity index (χ4v) is 4.76. The molecule has 0 bridgehead atoms. The topological polar surface area (TPSA) is 0 Å². The van der Waals surface area contributed by atoms with Crippen molar-refractivity contribution in [2.75, 3.05) is 0 Å². The second-order valence-corrected chi connectivity index (χ2v) is 7.24. The van der Waals surface area contributed by atoms with Crippen molar-refractivity contribution < 1.29 is 0 Å². The monoisotopic (exact) mass is 208 g/mol. The Morgan fingerprint density at radius 3 is 2.27 bits per heavy atom. The first-order chi connectivity index (χ1) is 6.88. The van der Waals surface area contributed by atoms with Crippen LogP contribution in [0.1, 0.15) is 66.7 Å². The summed E-state index contributed by atoms with van der Waals surface area (Å²) in [5.74, 6) is 2.85. The quantitative estimate of drug-likeness (QED) is 0.532. The molecule has 0 nitrogen and oxygen atoms in total. The summed E-state index contributed by atoms with van der Waals surface area (Å²) in [5, 5.41) is 0. The van der Waals surface area contributed by atoms with E-state index in [9.17, 15) is 0 Å². The summed E-state index contributed by atoms with van der Waals surface area (Å²) >= 11 is 0. The highest BCUT2D eigenvalue weighted by atomic mass is 14.6. The smallest absolute Gasteiger partial charge is 0.0264 e. The average molecular weight is 208 g/mol. The third kappa shape index (κ3) is 1.65. The maximum Gasteiger partial charge on any atom is -0.0264 e. The molecule has 0 N–H and O–H groups in total. The Kier molecular flexibility index (Phi) is 2.68. The van der Waals surface area contributed by atoms with Crippen LogP contribution in [-0.4, -0.2) is 0 Å². The summed E-state index contributed by atoms with van der Waals surface area (Å²) in [7, 11) is 0. The van der Waals surface area contributed by atoms with Crippen LogP contribution >= 0.6 is 0 Å². The van der Waals surface area contributed by atoms with Crippen LogP contribution in [0.5, 0.6) is 0 Å². The molecule has 2 rings (SSSR count). The molecule has 4 atom stereocenters. The predicted octanol–water partition coefficient (Wildman–Crippen LogP) is 4.89. The minimum absolute atomic E-state index is 0.599. The minimum Gasteiger partial charge on any atom is -0.0622 e. The molecule has 0 aromatic carbocycles. The first kappa shape index (κ1) is 11.5. The van der Waals surface area contributed by atoms with Crippen molar-refractivity contribution in [3.63, 3.8) is 0 Å². The Morgan fingerprint density at radius 1 is 0.933 bits per heavy atom. The average Bonchev–Trinajstić information content (AvgIpc) is 2.12. The number of hydrogen-bond acceptors (Lipinski definition) is 0. The van der Waals surface area contributed by atoms with Crippen molar-refractivity contribution in [1.29, 1.82) is 0 Å². The Bertz CT molecular complexity index is 240. The fourth-order valence-electron chi connectivity index (χ4n) is 4.76. The van der Waals surface area contributed by atoms with Crippen LogP contribution in [0.2, 0.25) is 0 Å². The van der Waals surface area contributed by atoms with E-state index in [1.165, 1.54) is 32.1 Å². The van der Waals surface area contributed by atoms with E-state index in [4.69, 9.17) is 0 Å². The molecule has 0 aliphatic heterocycles. The van der Waals surface area contributed by atoms with Crippen LogP contribution in [-0.2, 0) is 0 Å². The van der Waals surface area contributed by atoms with E-state index >= 15 is 0 Å². The van der Waals surface area contributed by atoms with Crippen molar-refractivity contribution in [3.8, 4) is 0 Å². The van der Waals surface area contributed by atoms with E-state index < -0.39 is 0 Å². The normalized spacial score (nSPS) is 49.8. The highest BCUT2D eigenvalue weighted by Crippen LogP contribution is 2.60. The van der Waals surface area contributed by atoms with Crippen molar-refractivity contribution in [2.45, 2.75) is 66.7 Å². The molecule has 2 aliphatic rings. The van der Waals surface area contributed by atoms with Gasteiger partial charge in [-0.1, -0.05) is 47.5 Å². The lowest BCUT2D eigenvalue weighted by Gasteiger charge is -2.58. The summed E-state index contributed by atoms with van der Waals surface area (Å²) in [6.45, 7) is 12.6. The van der Waals surface area contributed by atoms with Crippen molar-refractivity contribution >= 4 is 0 Å². The minimum atomic E-state index is 0.599. The highest BCUT2D eigenvalue weighted by molar-refractivity contribution is 5.01. The molecule has 3 unspecified atom stereocenters. The van der Waals surface area contributed by atoms with Crippen LogP contribution in [0.25, 0.3) is 0 Å². The van der Waals surface area contributed by atoms with Crippen LogP contribution in [0, 0.1) is 28.6 Å². The van der Waals surface area contributed by atoms with Gasteiger partial charge in [-0.25, -0.2) is 0 Å². The van der Waals surface area contributed by atoms with Gasteiger partial charge in [-0.05, 0) is 47.8 Å². The van der Waals surface area contributed by atoms with Crippen LogP contribution in [0.4, 0.5) is 0 Å². The summed E-state index contributed by atoms with van der Waals surface area (Å²) in [6, 6.07) is 0. The number of rotatable bonds is 0. The molecule has 15 heavy (non-hydrogen) atoms. The maximum absolute atomic E-state index is 2.58. The molecule has 0 heterocycles. The van der Waals surface area contributed by atoms with E-state index in [0.29, 0.717) is 10.8 Å². The van der Waals surface area contributed by atoms with Gasteiger partial charge in [0.1, 0.15) is 0 Å². The molecule has 2 fully saturated rings. The summed E-state index contributed by atoms with van der Waals surface area (Å²) in [5.41, 5.74) is 1.24. The first-order valence-electron chi connectivity index (χ1n) is 6.88. The van der Waals surface area contributed by atoms with Crippen LogP contribution in [0.15, 0.2) is 0 Å². The van der Waals surface area contributed by atoms with Crippen LogP contribution in [0.3, 0.4) is 0 Å². The van der Waals surface area contributed by atoms with Crippen molar-refractivity contribution in [1.82, 2.24) is 0 Å². The largest absolute Gasteiger partial charge is 0.0622 e. The molecule has 0 saturated heterocycles. The van der Waals surface area contributed by atoms with E-state index in [0.717, 1.165) is 17.8 Å². The van der Waals surface area contributed by atoms with Gasteiger partial charge >= 0.3 is 0 Å². The third-order valence-corrected chi connectivity index (χ3v) is 6.08. The summed E-state index contributed by atoms with van der Waals surface area (Å²) < 4.78 is 0. The van der Waals surface area contributed by atoms with E-state index in [-0.39, 0.29) is 0 Å². The molecule has 2 aliphatic carbocycles. The lowest BCUT2D eigenvalue weighted by molar-refractivity contribution is -0.0868. The number of hydrogen-bond donors (Lipinski definition) is 0. The Morgan fingerprint density at radius 2 is 1.60 bits per heavy atom.